The monoisotopic (exact) mass is 412 g/mol. The van der Waals surface area contributed by atoms with Crippen molar-refractivity contribution in [3.05, 3.63) is 63.7 Å². The predicted octanol–water partition coefficient (Wildman–Crippen LogP) is 3.00. The van der Waals surface area contributed by atoms with E-state index in [1.165, 1.54) is 11.6 Å². The molecule has 0 bridgehead atoms. The molecule has 8 heteroatoms. The van der Waals surface area contributed by atoms with Crippen molar-refractivity contribution in [1.29, 1.82) is 0 Å². The van der Waals surface area contributed by atoms with Gasteiger partial charge in [0.1, 0.15) is 5.56 Å². The van der Waals surface area contributed by atoms with E-state index < -0.39 is 10.8 Å². The first-order valence-corrected chi connectivity index (χ1v) is 10.2. The van der Waals surface area contributed by atoms with Gasteiger partial charge in [-0.25, -0.2) is 0 Å². The number of benzene rings is 2. The fraction of sp³-hybridized carbons (Fsp3) is 0.409. The molecule has 1 aliphatic heterocycles. The average Bonchev–Trinajstić information content (AvgIpc) is 2.76. The summed E-state index contributed by atoms with van der Waals surface area (Å²) in [4.78, 5) is 27.9. The Morgan fingerprint density at radius 3 is 2.67 bits per heavy atom. The SMILES string of the molecule is CCN(CCNC(=O)c1cc(N2CCOCC2)ccc1[N+](=O)[O-])c1cccc(C)c1. The summed E-state index contributed by atoms with van der Waals surface area (Å²) >= 11 is 0. The summed E-state index contributed by atoms with van der Waals surface area (Å²) < 4.78 is 5.36. The molecule has 0 atom stereocenters. The summed E-state index contributed by atoms with van der Waals surface area (Å²) in [6, 6.07) is 12.9. The molecule has 0 spiro atoms. The number of hydrogen-bond acceptors (Lipinski definition) is 6. The predicted molar refractivity (Wildman–Crippen MR) is 118 cm³/mol. The first kappa shape index (κ1) is 21.6. The molecule has 3 rings (SSSR count). The van der Waals surface area contributed by atoms with Crippen LogP contribution < -0.4 is 15.1 Å². The van der Waals surface area contributed by atoms with Gasteiger partial charge >= 0.3 is 0 Å². The number of carbonyl (C=O) groups is 1. The molecule has 160 valence electrons. The van der Waals surface area contributed by atoms with Crippen molar-refractivity contribution in [3.8, 4) is 0 Å². The average molecular weight is 412 g/mol. The van der Waals surface area contributed by atoms with Crippen molar-refractivity contribution in [2.45, 2.75) is 13.8 Å². The normalized spacial score (nSPS) is 13.7. The molecular formula is C22H28N4O4. The molecule has 1 heterocycles. The Kier molecular flexibility index (Phi) is 7.24. The molecular weight excluding hydrogens is 384 g/mol. The topological polar surface area (TPSA) is 88.0 Å². The van der Waals surface area contributed by atoms with Crippen LogP contribution in [0.4, 0.5) is 17.1 Å². The maximum atomic E-state index is 12.8. The molecule has 0 saturated carbocycles. The first-order valence-electron chi connectivity index (χ1n) is 10.2. The van der Waals surface area contributed by atoms with Crippen LogP contribution in [0.2, 0.25) is 0 Å². The molecule has 8 nitrogen and oxygen atoms in total. The highest BCUT2D eigenvalue weighted by atomic mass is 16.6. The number of ether oxygens (including phenoxy) is 1. The van der Waals surface area contributed by atoms with Crippen molar-refractivity contribution in [3.63, 3.8) is 0 Å². The van der Waals surface area contributed by atoms with Crippen molar-refractivity contribution in [2.75, 3.05) is 55.7 Å². The minimum absolute atomic E-state index is 0.0857. The van der Waals surface area contributed by atoms with Gasteiger partial charge in [-0.2, -0.15) is 0 Å². The number of nitro groups is 1. The number of nitro benzene ring substituents is 1. The molecule has 1 fully saturated rings. The molecule has 0 unspecified atom stereocenters. The zero-order valence-corrected chi connectivity index (χ0v) is 17.5. The van der Waals surface area contributed by atoms with E-state index >= 15 is 0 Å². The molecule has 1 amide bonds. The number of nitrogens with one attached hydrogen (secondary N) is 1. The maximum Gasteiger partial charge on any atom is 0.282 e. The van der Waals surface area contributed by atoms with E-state index in [2.05, 4.69) is 28.1 Å². The van der Waals surface area contributed by atoms with Gasteiger partial charge in [0.15, 0.2) is 0 Å². The first-order chi connectivity index (χ1) is 14.5. The summed E-state index contributed by atoms with van der Waals surface area (Å²) in [5.41, 5.74) is 2.96. The zero-order valence-electron chi connectivity index (χ0n) is 17.5. The number of hydrogen-bond donors (Lipinski definition) is 1. The van der Waals surface area contributed by atoms with Crippen LogP contribution in [0, 0.1) is 17.0 Å². The Labute approximate surface area is 176 Å². The second kappa shape index (κ2) is 10.1. The number of aryl methyl sites for hydroxylation is 1. The fourth-order valence-electron chi connectivity index (χ4n) is 3.58. The smallest absolute Gasteiger partial charge is 0.282 e. The highest BCUT2D eigenvalue weighted by Crippen LogP contribution is 2.26. The minimum Gasteiger partial charge on any atom is -0.378 e. The van der Waals surface area contributed by atoms with E-state index in [1.807, 2.05) is 25.1 Å². The molecule has 1 aliphatic rings. The van der Waals surface area contributed by atoms with Crippen LogP contribution in [0.25, 0.3) is 0 Å². The lowest BCUT2D eigenvalue weighted by Gasteiger charge is -2.29. The Morgan fingerprint density at radius 2 is 2.00 bits per heavy atom. The maximum absolute atomic E-state index is 12.8. The van der Waals surface area contributed by atoms with Gasteiger partial charge in [0.25, 0.3) is 11.6 Å². The summed E-state index contributed by atoms with van der Waals surface area (Å²) in [7, 11) is 0. The van der Waals surface area contributed by atoms with E-state index in [0.717, 1.165) is 17.9 Å². The van der Waals surface area contributed by atoms with Crippen LogP contribution in [0.3, 0.4) is 0 Å². The minimum atomic E-state index is -0.511. The van der Waals surface area contributed by atoms with Crippen LogP contribution in [-0.2, 0) is 4.74 Å². The fourth-order valence-corrected chi connectivity index (χ4v) is 3.58. The number of likely N-dealkylation sites (N-methyl/N-ethyl adjacent to an activating group) is 1. The Hall–Kier alpha value is -3.13. The number of rotatable bonds is 8. The quantitative estimate of drug-likeness (QED) is 0.530. The Bertz CT molecular complexity index is 896. The lowest BCUT2D eigenvalue weighted by Crippen LogP contribution is -2.37. The number of nitrogens with zero attached hydrogens (tertiary/aromatic N) is 3. The van der Waals surface area contributed by atoms with E-state index in [9.17, 15) is 14.9 Å². The van der Waals surface area contributed by atoms with Crippen molar-refractivity contribution in [1.82, 2.24) is 5.32 Å². The van der Waals surface area contributed by atoms with E-state index in [1.54, 1.807) is 12.1 Å². The summed E-state index contributed by atoms with van der Waals surface area (Å²) in [6.07, 6.45) is 0. The largest absolute Gasteiger partial charge is 0.378 e. The number of morpholine rings is 1. The zero-order chi connectivity index (χ0) is 21.5. The van der Waals surface area contributed by atoms with Gasteiger partial charge in [0, 0.05) is 50.2 Å². The highest BCUT2D eigenvalue weighted by molar-refractivity contribution is 5.99. The molecule has 2 aromatic rings. The highest BCUT2D eigenvalue weighted by Gasteiger charge is 2.23. The summed E-state index contributed by atoms with van der Waals surface area (Å²) in [5.74, 6) is -0.433. The molecule has 0 aliphatic carbocycles. The van der Waals surface area contributed by atoms with Gasteiger partial charge in [-0.15, -0.1) is 0 Å². The number of anilines is 2. The third-order valence-electron chi connectivity index (χ3n) is 5.21. The van der Waals surface area contributed by atoms with Crippen LogP contribution in [-0.4, -0.2) is 56.8 Å². The van der Waals surface area contributed by atoms with Crippen LogP contribution in [0.1, 0.15) is 22.8 Å². The van der Waals surface area contributed by atoms with Gasteiger partial charge in [-0.05, 0) is 43.7 Å². The standard InChI is InChI=1S/C22H28N4O4/c1-3-24(18-6-4-5-17(2)15-18)10-9-23-22(27)20-16-19(7-8-21(20)26(28)29)25-11-13-30-14-12-25/h4-8,15-16H,3,9-14H2,1-2H3,(H,23,27). The van der Waals surface area contributed by atoms with Gasteiger partial charge in [-0.3, -0.25) is 14.9 Å². The second-order valence-electron chi connectivity index (χ2n) is 7.23. The molecule has 30 heavy (non-hydrogen) atoms. The molecule has 2 aromatic carbocycles. The van der Waals surface area contributed by atoms with Crippen LogP contribution in [0.5, 0.6) is 0 Å². The van der Waals surface area contributed by atoms with E-state index in [0.29, 0.717) is 39.4 Å². The van der Waals surface area contributed by atoms with E-state index in [-0.39, 0.29) is 11.3 Å². The van der Waals surface area contributed by atoms with Gasteiger partial charge < -0.3 is 19.9 Å². The third kappa shape index (κ3) is 5.27. The molecule has 1 saturated heterocycles. The van der Waals surface area contributed by atoms with Gasteiger partial charge in [0.05, 0.1) is 18.1 Å². The Morgan fingerprint density at radius 1 is 1.23 bits per heavy atom. The second-order valence-corrected chi connectivity index (χ2v) is 7.23. The lowest BCUT2D eigenvalue weighted by molar-refractivity contribution is -0.385. The summed E-state index contributed by atoms with van der Waals surface area (Å²) in [5, 5.41) is 14.3. The van der Waals surface area contributed by atoms with Crippen LogP contribution >= 0.6 is 0 Å². The molecule has 1 N–H and O–H groups in total. The lowest BCUT2D eigenvalue weighted by atomic mass is 10.1. The Balaban J connectivity index is 1.69. The number of amides is 1. The van der Waals surface area contributed by atoms with Crippen molar-refractivity contribution < 1.29 is 14.5 Å². The van der Waals surface area contributed by atoms with Gasteiger partial charge in [-0.1, -0.05) is 12.1 Å². The summed E-state index contributed by atoms with van der Waals surface area (Å²) in [6.45, 7) is 8.49. The van der Waals surface area contributed by atoms with Crippen molar-refractivity contribution >= 4 is 23.0 Å². The van der Waals surface area contributed by atoms with Crippen LogP contribution in [0.15, 0.2) is 42.5 Å². The van der Waals surface area contributed by atoms with Crippen molar-refractivity contribution in [2.24, 2.45) is 0 Å². The molecule has 0 radical (unpaired) electrons. The van der Waals surface area contributed by atoms with Gasteiger partial charge in [0.2, 0.25) is 0 Å². The third-order valence-corrected chi connectivity index (χ3v) is 5.21. The molecule has 0 aromatic heterocycles. The number of carbonyl (C=O) groups excluding carboxylic acids is 1. The van der Waals surface area contributed by atoms with E-state index in [4.69, 9.17) is 4.74 Å².